The number of fused-ring (bicyclic) bond motifs is 2. The van der Waals surface area contributed by atoms with Crippen LogP contribution in [0, 0.1) is 5.82 Å². The summed E-state index contributed by atoms with van der Waals surface area (Å²) in [6.45, 7) is 1.95. The lowest BCUT2D eigenvalue weighted by molar-refractivity contribution is 0.104. The number of benzene rings is 1. The number of halogens is 1. The van der Waals surface area contributed by atoms with Gasteiger partial charge >= 0.3 is 0 Å². The number of aromatic nitrogens is 4. The van der Waals surface area contributed by atoms with E-state index in [2.05, 4.69) is 20.3 Å². The maximum atomic E-state index is 13.8. The molecule has 0 saturated carbocycles. The van der Waals surface area contributed by atoms with Crippen LogP contribution in [-0.4, -0.2) is 25.7 Å². The van der Waals surface area contributed by atoms with Gasteiger partial charge in [0.15, 0.2) is 5.78 Å². The number of allylic oxidation sites excluding steroid dienone is 2. The Morgan fingerprint density at radius 1 is 1.10 bits per heavy atom. The lowest BCUT2D eigenvalue weighted by atomic mass is 9.99. The molecule has 5 rings (SSSR count). The highest BCUT2D eigenvalue weighted by atomic mass is 19.1. The molecule has 1 aliphatic carbocycles. The Kier molecular flexibility index (Phi) is 4.71. The number of ketones is 1. The average molecular weight is 411 g/mol. The Hall–Kier alpha value is -4.00. The summed E-state index contributed by atoms with van der Waals surface area (Å²) in [5.41, 5.74) is 4.10. The van der Waals surface area contributed by atoms with E-state index in [0.29, 0.717) is 34.4 Å². The normalized spacial score (nSPS) is 13.8. The molecule has 0 aliphatic heterocycles. The van der Waals surface area contributed by atoms with Gasteiger partial charge in [-0.2, -0.15) is 0 Å². The van der Waals surface area contributed by atoms with E-state index in [9.17, 15) is 9.18 Å². The van der Waals surface area contributed by atoms with Crippen molar-refractivity contribution >= 4 is 22.5 Å². The monoisotopic (exact) mass is 411 g/mol. The molecule has 152 valence electrons. The average Bonchev–Trinajstić information content (AvgIpc) is 2.79. The number of anilines is 1. The zero-order valence-corrected chi connectivity index (χ0v) is 16.7. The van der Waals surface area contributed by atoms with E-state index in [1.54, 1.807) is 24.4 Å². The zero-order chi connectivity index (χ0) is 21.4. The van der Waals surface area contributed by atoms with Crippen molar-refractivity contribution in [2.75, 3.05) is 5.32 Å². The summed E-state index contributed by atoms with van der Waals surface area (Å²) in [6.07, 6.45) is 7.10. The highest BCUT2D eigenvalue weighted by Crippen LogP contribution is 2.32. The smallest absolute Gasteiger partial charge is 0.191 e. The van der Waals surface area contributed by atoms with Gasteiger partial charge in [-0.25, -0.2) is 19.3 Å². The van der Waals surface area contributed by atoms with Crippen LogP contribution in [-0.2, 0) is 6.42 Å². The number of nitrogens with zero attached hydrogens (tertiary/aromatic N) is 4. The second kappa shape index (κ2) is 7.68. The molecule has 0 amide bonds. The third kappa shape index (κ3) is 3.54. The SMILES string of the molecule is CC(Nc1ncnc2c1C(=O)C=CC2)c1nc2ccc(F)cc2cc1-c1ccccn1. The largest absolute Gasteiger partial charge is 0.361 e. The van der Waals surface area contributed by atoms with Crippen molar-refractivity contribution in [1.82, 2.24) is 19.9 Å². The first-order valence-electron chi connectivity index (χ1n) is 9.93. The van der Waals surface area contributed by atoms with E-state index < -0.39 is 0 Å². The summed E-state index contributed by atoms with van der Waals surface area (Å²) in [6, 6.07) is 11.7. The first kappa shape index (κ1) is 19.0. The summed E-state index contributed by atoms with van der Waals surface area (Å²) >= 11 is 0. The molecule has 0 spiro atoms. The van der Waals surface area contributed by atoms with Gasteiger partial charge in [0.25, 0.3) is 0 Å². The Labute approximate surface area is 177 Å². The molecule has 1 unspecified atom stereocenters. The zero-order valence-electron chi connectivity index (χ0n) is 16.7. The maximum Gasteiger partial charge on any atom is 0.191 e. The van der Waals surface area contributed by atoms with Crippen LogP contribution in [0.2, 0.25) is 0 Å². The fraction of sp³-hybridized carbons (Fsp3) is 0.125. The molecule has 1 N–H and O–H groups in total. The van der Waals surface area contributed by atoms with Crippen molar-refractivity contribution in [3.8, 4) is 11.3 Å². The lowest BCUT2D eigenvalue weighted by Crippen LogP contribution is -2.17. The molecule has 6 nitrogen and oxygen atoms in total. The number of carbonyl (C=O) groups is 1. The molecule has 0 fully saturated rings. The maximum absolute atomic E-state index is 13.8. The predicted molar refractivity (Wildman–Crippen MR) is 116 cm³/mol. The molecule has 7 heteroatoms. The summed E-state index contributed by atoms with van der Waals surface area (Å²) in [5, 5.41) is 4.02. The van der Waals surface area contributed by atoms with Crippen molar-refractivity contribution in [2.45, 2.75) is 19.4 Å². The molecule has 3 aromatic heterocycles. The van der Waals surface area contributed by atoms with E-state index in [-0.39, 0.29) is 17.6 Å². The Bertz CT molecular complexity index is 1340. The minimum Gasteiger partial charge on any atom is -0.361 e. The minimum absolute atomic E-state index is 0.122. The van der Waals surface area contributed by atoms with Crippen molar-refractivity contribution in [2.24, 2.45) is 0 Å². The molecule has 1 aromatic carbocycles. The van der Waals surface area contributed by atoms with E-state index in [0.717, 1.165) is 17.0 Å². The van der Waals surface area contributed by atoms with E-state index >= 15 is 0 Å². The third-order valence-electron chi connectivity index (χ3n) is 5.26. The number of carbonyl (C=O) groups excluding carboxylic acids is 1. The highest BCUT2D eigenvalue weighted by Gasteiger charge is 2.23. The fourth-order valence-electron chi connectivity index (χ4n) is 3.80. The van der Waals surface area contributed by atoms with Gasteiger partial charge in [-0.3, -0.25) is 9.78 Å². The molecular weight excluding hydrogens is 393 g/mol. The van der Waals surface area contributed by atoms with Crippen molar-refractivity contribution in [3.05, 3.63) is 89.9 Å². The third-order valence-corrected chi connectivity index (χ3v) is 5.26. The molecule has 31 heavy (non-hydrogen) atoms. The topological polar surface area (TPSA) is 80.7 Å². The Morgan fingerprint density at radius 2 is 2.00 bits per heavy atom. The summed E-state index contributed by atoms with van der Waals surface area (Å²) < 4.78 is 13.8. The highest BCUT2D eigenvalue weighted by molar-refractivity contribution is 6.09. The summed E-state index contributed by atoms with van der Waals surface area (Å²) in [7, 11) is 0. The van der Waals surface area contributed by atoms with Gasteiger partial charge in [0.1, 0.15) is 18.0 Å². The van der Waals surface area contributed by atoms with Gasteiger partial charge in [0, 0.05) is 23.6 Å². The number of pyridine rings is 2. The summed E-state index contributed by atoms with van der Waals surface area (Å²) in [5.74, 6) is 0.0302. The lowest BCUT2D eigenvalue weighted by Gasteiger charge is -2.21. The van der Waals surface area contributed by atoms with E-state index in [4.69, 9.17) is 4.98 Å². The van der Waals surface area contributed by atoms with Gasteiger partial charge < -0.3 is 5.32 Å². The van der Waals surface area contributed by atoms with Gasteiger partial charge in [0.05, 0.1) is 34.2 Å². The van der Waals surface area contributed by atoms with E-state index in [1.165, 1.54) is 18.5 Å². The van der Waals surface area contributed by atoms with Crippen LogP contribution in [0.1, 0.15) is 34.7 Å². The fourth-order valence-corrected chi connectivity index (χ4v) is 3.80. The van der Waals surface area contributed by atoms with Crippen LogP contribution in [0.25, 0.3) is 22.2 Å². The van der Waals surface area contributed by atoms with Crippen LogP contribution in [0.5, 0.6) is 0 Å². The molecular formula is C24H18FN5O. The van der Waals surface area contributed by atoms with Gasteiger partial charge in [0.2, 0.25) is 0 Å². The van der Waals surface area contributed by atoms with Crippen molar-refractivity contribution in [3.63, 3.8) is 0 Å². The molecule has 0 radical (unpaired) electrons. The van der Waals surface area contributed by atoms with Crippen LogP contribution < -0.4 is 5.32 Å². The molecule has 0 saturated heterocycles. The van der Waals surface area contributed by atoms with Crippen LogP contribution in [0.15, 0.2) is 67.1 Å². The Morgan fingerprint density at radius 3 is 2.84 bits per heavy atom. The van der Waals surface area contributed by atoms with Crippen LogP contribution in [0.3, 0.4) is 0 Å². The predicted octanol–water partition coefficient (Wildman–Crippen LogP) is 4.69. The molecule has 4 aromatic rings. The molecule has 1 aliphatic rings. The Balaban J connectivity index is 1.62. The summed E-state index contributed by atoms with van der Waals surface area (Å²) in [4.78, 5) is 30.3. The minimum atomic E-state index is -0.320. The molecule has 3 heterocycles. The first-order valence-corrected chi connectivity index (χ1v) is 9.93. The molecule has 1 atom stereocenters. The van der Waals surface area contributed by atoms with Crippen molar-refractivity contribution < 1.29 is 9.18 Å². The van der Waals surface area contributed by atoms with Gasteiger partial charge in [-0.1, -0.05) is 12.1 Å². The van der Waals surface area contributed by atoms with Gasteiger partial charge in [-0.15, -0.1) is 0 Å². The van der Waals surface area contributed by atoms with Crippen molar-refractivity contribution in [1.29, 1.82) is 0 Å². The van der Waals surface area contributed by atoms with Crippen LogP contribution in [0.4, 0.5) is 10.2 Å². The molecule has 0 bridgehead atoms. The number of nitrogens with one attached hydrogen (secondary N) is 1. The number of hydrogen-bond acceptors (Lipinski definition) is 6. The second-order valence-electron chi connectivity index (χ2n) is 7.35. The second-order valence-corrected chi connectivity index (χ2v) is 7.35. The van der Waals surface area contributed by atoms with E-state index in [1.807, 2.05) is 31.2 Å². The van der Waals surface area contributed by atoms with Crippen LogP contribution >= 0.6 is 0 Å². The number of rotatable bonds is 4. The first-order chi connectivity index (χ1) is 15.1. The van der Waals surface area contributed by atoms with Gasteiger partial charge in [-0.05, 0) is 49.4 Å². The quantitative estimate of drug-likeness (QED) is 0.525. The number of hydrogen-bond donors (Lipinski definition) is 1. The standard InChI is InChI=1S/C24H18FN5O/c1-14(29-24-22-20(27-13-28-24)6-4-7-21(22)31)23-17(19-5-2-3-10-26-19)12-15-11-16(25)8-9-18(15)30-23/h2-5,7-14H,6H2,1H3,(H,27,28,29).